The Kier molecular flexibility index (Phi) is 2.95. The van der Waals surface area contributed by atoms with E-state index in [0.29, 0.717) is 4.77 Å². The summed E-state index contributed by atoms with van der Waals surface area (Å²) in [5, 5.41) is 3.02. The molecule has 0 aliphatic carbocycles. The maximum atomic E-state index is 5.23. The lowest BCUT2D eigenvalue weighted by atomic mass is 10.1. The highest BCUT2D eigenvalue weighted by atomic mass is 32.1. The van der Waals surface area contributed by atoms with Crippen LogP contribution in [0.5, 0.6) is 0 Å². The highest BCUT2D eigenvalue weighted by molar-refractivity contribution is 7.71. The van der Waals surface area contributed by atoms with Crippen LogP contribution in [0.15, 0.2) is 6.20 Å². The third-order valence-corrected chi connectivity index (χ3v) is 2.36. The van der Waals surface area contributed by atoms with Crippen LogP contribution < -0.4 is 5.32 Å². The van der Waals surface area contributed by atoms with Crippen LogP contribution in [0.3, 0.4) is 0 Å². The van der Waals surface area contributed by atoms with Gasteiger partial charge in [-0.3, -0.25) is 0 Å². The fourth-order valence-electron chi connectivity index (χ4n) is 1.28. The van der Waals surface area contributed by atoms with Crippen molar-refractivity contribution in [3.05, 3.63) is 16.5 Å². The lowest BCUT2D eigenvalue weighted by molar-refractivity contribution is 0.384. The third kappa shape index (κ3) is 2.12. The molecule has 0 fully saturated rings. The lowest BCUT2D eigenvalue weighted by Gasteiger charge is -2.24. The second-order valence-corrected chi connectivity index (χ2v) is 4.71. The van der Waals surface area contributed by atoms with Crippen molar-refractivity contribution in [1.29, 1.82) is 0 Å². The average molecular weight is 211 g/mol. The topological polar surface area (TPSA) is 29.9 Å². The van der Waals surface area contributed by atoms with Crippen LogP contribution in [0.1, 0.15) is 26.3 Å². The molecule has 1 heterocycles. The second kappa shape index (κ2) is 3.69. The minimum Gasteiger partial charge on any atom is -0.373 e. The smallest absolute Gasteiger partial charge is 0.201 e. The van der Waals surface area contributed by atoms with E-state index in [1.165, 1.54) is 0 Å². The van der Waals surface area contributed by atoms with E-state index in [1.54, 1.807) is 0 Å². The number of aryl methyl sites for hydroxylation is 1. The molecule has 0 saturated carbocycles. The minimum absolute atomic E-state index is 0.0128. The van der Waals surface area contributed by atoms with Gasteiger partial charge in [-0.2, -0.15) is 0 Å². The highest BCUT2D eigenvalue weighted by Gasteiger charge is 2.14. The van der Waals surface area contributed by atoms with Crippen LogP contribution >= 0.6 is 12.2 Å². The van der Waals surface area contributed by atoms with Gasteiger partial charge in [0.15, 0.2) is 0 Å². The van der Waals surface area contributed by atoms with Gasteiger partial charge in [-0.15, -0.1) is 0 Å². The average Bonchev–Trinajstić information content (AvgIpc) is 2.06. The van der Waals surface area contributed by atoms with E-state index in [2.05, 4.69) is 31.1 Å². The summed E-state index contributed by atoms with van der Waals surface area (Å²) in [6.07, 6.45) is 2.04. The van der Waals surface area contributed by atoms with E-state index < -0.39 is 0 Å². The van der Waals surface area contributed by atoms with Crippen molar-refractivity contribution in [3.63, 3.8) is 0 Å². The Hall–Kier alpha value is -0.900. The van der Waals surface area contributed by atoms with Crippen molar-refractivity contribution in [3.8, 4) is 0 Å². The lowest BCUT2D eigenvalue weighted by Crippen LogP contribution is -2.24. The summed E-state index contributed by atoms with van der Waals surface area (Å²) in [6.45, 7) is 8.37. The number of nitrogens with one attached hydrogen (secondary N) is 1. The maximum absolute atomic E-state index is 5.23. The predicted octanol–water partition coefficient (Wildman–Crippen LogP) is 2.72. The molecule has 1 N–H and O–H groups in total. The molecule has 0 bridgehead atoms. The van der Waals surface area contributed by atoms with E-state index in [-0.39, 0.29) is 5.54 Å². The fraction of sp³-hybridized carbons (Fsp3) is 0.600. The van der Waals surface area contributed by atoms with Crippen LogP contribution in [0.4, 0.5) is 5.82 Å². The van der Waals surface area contributed by atoms with Crippen molar-refractivity contribution in [1.82, 2.24) is 9.55 Å². The highest BCUT2D eigenvalue weighted by Crippen LogP contribution is 2.18. The summed E-state index contributed by atoms with van der Waals surface area (Å²) >= 11 is 5.23. The van der Waals surface area contributed by atoms with Gasteiger partial charge >= 0.3 is 0 Å². The molecule has 14 heavy (non-hydrogen) atoms. The van der Waals surface area contributed by atoms with Gasteiger partial charge in [0.2, 0.25) is 4.77 Å². The van der Waals surface area contributed by atoms with Gasteiger partial charge in [-0.05, 0) is 39.9 Å². The Bertz CT molecular complexity index is 387. The summed E-state index contributed by atoms with van der Waals surface area (Å²) in [5.41, 5.74) is 1.09. The molecule has 78 valence electrons. The molecule has 0 atom stereocenters. The van der Waals surface area contributed by atoms with Gasteiger partial charge in [-0.25, -0.2) is 4.98 Å². The van der Waals surface area contributed by atoms with Crippen molar-refractivity contribution >= 4 is 18.0 Å². The Labute approximate surface area is 90.2 Å². The Morgan fingerprint density at radius 1 is 1.43 bits per heavy atom. The monoisotopic (exact) mass is 211 g/mol. The number of rotatable bonds is 1. The molecular weight excluding hydrogens is 194 g/mol. The summed E-state index contributed by atoms with van der Waals surface area (Å²) in [6, 6.07) is 0. The van der Waals surface area contributed by atoms with Crippen molar-refractivity contribution in [2.45, 2.75) is 33.2 Å². The van der Waals surface area contributed by atoms with E-state index in [4.69, 9.17) is 12.2 Å². The van der Waals surface area contributed by atoms with Crippen LogP contribution in [-0.2, 0) is 5.54 Å². The zero-order chi connectivity index (χ0) is 10.9. The van der Waals surface area contributed by atoms with Gasteiger partial charge in [0.25, 0.3) is 0 Å². The molecule has 0 aromatic carbocycles. The zero-order valence-electron chi connectivity index (χ0n) is 9.38. The maximum Gasteiger partial charge on any atom is 0.201 e. The van der Waals surface area contributed by atoms with Crippen molar-refractivity contribution in [2.24, 2.45) is 0 Å². The molecule has 0 radical (unpaired) electrons. The standard InChI is InChI=1S/C10H17N3S/c1-7-6-13(10(2,3)4)9(14)12-8(7)11-5/h6H,1-5H3,(H,11,12,14). The Morgan fingerprint density at radius 2 is 2.00 bits per heavy atom. The van der Waals surface area contributed by atoms with E-state index >= 15 is 0 Å². The Balaban J connectivity index is 3.37. The Morgan fingerprint density at radius 3 is 2.43 bits per heavy atom. The fourth-order valence-corrected chi connectivity index (χ4v) is 1.70. The summed E-state index contributed by atoms with van der Waals surface area (Å²) in [7, 11) is 1.85. The van der Waals surface area contributed by atoms with E-state index in [0.717, 1.165) is 11.4 Å². The quantitative estimate of drug-likeness (QED) is 0.724. The number of hydrogen-bond acceptors (Lipinski definition) is 3. The summed E-state index contributed by atoms with van der Waals surface area (Å²) < 4.78 is 2.63. The van der Waals surface area contributed by atoms with Crippen LogP contribution in [0.2, 0.25) is 0 Å². The number of hydrogen-bond donors (Lipinski definition) is 1. The second-order valence-electron chi connectivity index (χ2n) is 4.35. The molecule has 3 nitrogen and oxygen atoms in total. The van der Waals surface area contributed by atoms with Gasteiger partial charge < -0.3 is 9.88 Å². The molecule has 0 spiro atoms. The number of aromatic nitrogens is 2. The van der Waals surface area contributed by atoms with Gasteiger partial charge in [0.1, 0.15) is 5.82 Å². The molecule has 0 unspecified atom stereocenters. The normalized spacial score (nSPS) is 11.5. The van der Waals surface area contributed by atoms with Crippen molar-refractivity contribution < 1.29 is 0 Å². The first-order valence-electron chi connectivity index (χ1n) is 4.65. The molecule has 1 rings (SSSR count). The summed E-state index contributed by atoms with van der Waals surface area (Å²) in [5.74, 6) is 0.857. The molecule has 0 aliphatic rings. The molecule has 1 aromatic rings. The van der Waals surface area contributed by atoms with Crippen LogP contribution in [-0.4, -0.2) is 16.6 Å². The molecule has 0 saturated heterocycles. The minimum atomic E-state index is -0.0128. The molecule has 1 aromatic heterocycles. The molecule has 0 aliphatic heterocycles. The number of anilines is 1. The largest absolute Gasteiger partial charge is 0.373 e. The first-order chi connectivity index (χ1) is 6.36. The van der Waals surface area contributed by atoms with Gasteiger partial charge in [0, 0.05) is 24.3 Å². The molecular formula is C10H17N3S. The number of nitrogens with zero attached hydrogens (tertiary/aromatic N) is 2. The first kappa shape index (κ1) is 11.2. The van der Waals surface area contributed by atoms with E-state index in [1.807, 2.05) is 24.7 Å². The van der Waals surface area contributed by atoms with Crippen molar-refractivity contribution in [2.75, 3.05) is 12.4 Å². The predicted molar refractivity (Wildman–Crippen MR) is 62.3 cm³/mol. The van der Waals surface area contributed by atoms with Gasteiger partial charge in [0.05, 0.1) is 0 Å². The summed E-state index contributed by atoms with van der Waals surface area (Å²) in [4.78, 5) is 4.32. The SMILES string of the molecule is CNc1nc(=S)n(C(C)(C)C)cc1C. The zero-order valence-corrected chi connectivity index (χ0v) is 10.2. The van der Waals surface area contributed by atoms with Crippen LogP contribution in [0.25, 0.3) is 0 Å². The third-order valence-electron chi connectivity index (χ3n) is 2.07. The van der Waals surface area contributed by atoms with Gasteiger partial charge in [-0.1, -0.05) is 0 Å². The molecule has 0 amide bonds. The first-order valence-corrected chi connectivity index (χ1v) is 5.05. The van der Waals surface area contributed by atoms with E-state index in [9.17, 15) is 0 Å². The molecule has 4 heteroatoms. The van der Waals surface area contributed by atoms with Crippen LogP contribution in [0, 0.1) is 11.7 Å².